The fourth-order valence-corrected chi connectivity index (χ4v) is 2.83. The summed E-state index contributed by atoms with van der Waals surface area (Å²) in [6, 6.07) is 4.07. The molecule has 0 aliphatic carbocycles. The minimum Gasteiger partial charge on any atom is -0.375 e. The van der Waals surface area contributed by atoms with Crippen molar-refractivity contribution in [3.63, 3.8) is 0 Å². The van der Waals surface area contributed by atoms with E-state index in [4.69, 9.17) is 10.3 Å². The van der Waals surface area contributed by atoms with E-state index in [1.165, 1.54) is 16.2 Å². The normalized spacial score (nSPS) is 10.9. The molecular weight excluding hydrogens is 268 g/mol. The van der Waals surface area contributed by atoms with Crippen LogP contribution in [0.4, 0.5) is 5.13 Å². The second kappa shape index (κ2) is 4.87. The zero-order valence-corrected chi connectivity index (χ0v) is 11.0. The minimum atomic E-state index is 0.533. The lowest BCUT2D eigenvalue weighted by Crippen LogP contribution is -1.92. The van der Waals surface area contributed by atoms with Crippen molar-refractivity contribution in [2.75, 3.05) is 5.73 Å². The number of nitrogens with zero attached hydrogens (tertiary/aromatic N) is 3. The molecular formula is C11H10N4OS2. The highest BCUT2D eigenvalue weighted by atomic mass is 32.1. The number of rotatable bonds is 4. The van der Waals surface area contributed by atoms with Gasteiger partial charge in [0.15, 0.2) is 11.0 Å². The highest BCUT2D eigenvalue weighted by Gasteiger charge is 2.10. The summed E-state index contributed by atoms with van der Waals surface area (Å²) in [7, 11) is 0. The number of thiophene rings is 1. The maximum absolute atomic E-state index is 5.57. The molecule has 3 heterocycles. The summed E-state index contributed by atoms with van der Waals surface area (Å²) in [4.78, 5) is 9.73. The molecule has 18 heavy (non-hydrogen) atoms. The molecule has 0 aromatic carbocycles. The smallest absolute Gasteiger partial charge is 0.232 e. The summed E-state index contributed by atoms with van der Waals surface area (Å²) >= 11 is 3.10. The number of anilines is 1. The summed E-state index contributed by atoms with van der Waals surface area (Å²) < 4.78 is 5.19. The van der Waals surface area contributed by atoms with E-state index in [1.807, 2.05) is 16.8 Å². The van der Waals surface area contributed by atoms with Crippen molar-refractivity contribution < 1.29 is 4.52 Å². The number of hydrogen-bond donors (Lipinski definition) is 1. The SMILES string of the molecule is Nc1nc(Cc2nc(Cc3cccs3)no2)cs1. The van der Waals surface area contributed by atoms with Crippen molar-refractivity contribution in [2.24, 2.45) is 0 Å². The van der Waals surface area contributed by atoms with Crippen LogP contribution in [-0.2, 0) is 12.8 Å². The molecule has 3 aromatic heterocycles. The Morgan fingerprint density at radius 1 is 1.22 bits per heavy atom. The zero-order valence-electron chi connectivity index (χ0n) is 9.37. The molecule has 0 saturated heterocycles. The summed E-state index contributed by atoms with van der Waals surface area (Å²) in [5.74, 6) is 1.28. The van der Waals surface area contributed by atoms with Crippen molar-refractivity contribution in [3.05, 3.63) is 45.2 Å². The van der Waals surface area contributed by atoms with Gasteiger partial charge in [0.1, 0.15) is 0 Å². The van der Waals surface area contributed by atoms with Crippen LogP contribution in [0.5, 0.6) is 0 Å². The third-order valence-corrected chi connectivity index (χ3v) is 3.92. The van der Waals surface area contributed by atoms with Crippen LogP contribution in [0.2, 0.25) is 0 Å². The summed E-state index contributed by atoms with van der Waals surface area (Å²) in [5, 5.41) is 8.45. The maximum atomic E-state index is 5.57. The van der Waals surface area contributed by atoms with E-state index in [2.05, 4.69) is 21.2 Å². The first kappa shape index (κ1) is 11.4. The molecule has 92 valence electrons. The Kier molecular flexibility index (Phi) is 3.07. The molecule has 0 aliphatic heterocycles. The topological polar surface area (TPSA) is 77.8 Å². The molecule has 0 amide bonds. The van der Waals surface area contributed by atoms with Gasteiger partial charge in [-0.1, -0.05) is 11.2 Å². The molecule has 7 heteroatoms. The van der Waals surface area contributed by atoms with Crippen molar-refractivity contribution in [2.45, 2.75) is 12.8 Å². The second-order valence-corrected chi connectivity index (χ2v) is 5.64. The van der Waals surface area contributed by atoms with Gasteiger partial charge in [-0.2, -0.15) is 4.98 Å². The average Bonchev–Trinajstić information content (AvgIpc) is 3.04. The van der Waals surface area contributed by atoms with Gasteiger partial charge in [0.25, 0.3) is 0 Å². The summed E-state index contributed by atoms with van der Waals surface area (Å²) in [6.45, 7) is 0. The number of thiazole rings is 1. The lowest BCUT2D eigenvalue weighted by molar-refractivity contribution is 0.379. The van der Waals surface area contributed by atoms with E-state index in [9.17, 15) is 0 Å². The third kappa shape index (κ3) is 2.57. The van der Waals surface area contributed by atoms with Crippen LogP contribution in [0.25, 0.3) is 0 Å². The van der Waals surface area contributed by atoms with Crippen LogP contribution in [0.1, 0.15) is 22.3 Å². The van der Waals surface area contributed by atoms with Crippen LogP contribution in [-0.4, -0.2) is 15.1 Å². The Bertz CT molecular complexity index is 629. The number of nitrogen functional groups attached to an aromatic ring is 1. The monoisotopic (exact) mass is 278 g/mol. The molecule has 0 unspecified atom stereocenters. The van der Waals surface area contributed by atoms with E-state index in [1.54, 1.807) is 11.3 Å². The predicted molar refractivity (Wildman–Crippen MR) is 70.8 cm³/mol. The molecule has 0 fully saturated rings. The molecule has 0 saturated carbocycles. The molecule has 0 atom stereocenters. The fraction of sp³-hybridized carbons (Fsp3) is 0.182. The van der Waals surface area contributed by atoms with Gasteiger partial charge in [-0.3, -0.25) is 0 Å². The molecule has 2 N–H and O–H groups in total. The molecule has 5 nitrogen and oxygen atoms in total. The van der Waals surface area contributed by atoms with E-state index < -0.39 is 0 Å². The predicted octanol–water partition coefficient (Wildman–Crippen LogP) is 2.35. The van der Waals surface area contributed by atoms with Gasteiger partial charge >= 0.3 is 0 Å². The van der Waals surface area contributed by atoms with Crippen molar-refractivity contribution >= 4 is 27.8 Å². The Morgan fingerprint density at radius 2 is 2.17 bits per heavy atom. The Hall–Kier alpha value is -1.73. The standard InChI is InChI=1S/C11H10N4OS2/c12-11-13-7(6-18-11)4-10-14-9(15-16-10)5-8-2-1-3-17-8/h1-3,6H,4-5H2,(H2,12,13). The molecule has 0 radical (unpaired) electrons. The van der Waals surface area contributed by atoms with Crippen LogP contribution in [0, 0.1) is 0 Å². The largest absolute Gasteiger partial charge is 0.375 e. The summed E-state index contributed by atoms with van der Waals surface area (Å²) in [6.07, 6.45) is 1.24. The van der Waals surface area contributed by atoms with Crippen molar-refractivity contribution in [1.29, 1.82) is 0 Å². The Labute approximate surface area is 111 Å². The Balaban J connectivity index is 1.69. The van der Waals surface area contributed by atoms with Gasteiger partial charge in [-0.25, -0.2) is 4.98 Å². The van der Waals surface area contributed by atoms with E-state index in [0.717, 1.165) is 5.69 Å². The molecule has 3 rings (SSSR count). The molecule has 0 aliphatic rings. The zero-order chi connectivity index (χ0) is 12.4. The van der Waals surface area contributed by atoms with Gasteiger partial charge < -0.3 is 10.3 Å². The van der Waals surface area contributed by atoms with Crippen LogP contribution in [0.15, 0.2) is 27.4 Å². The first-order valence-electron chi connectivity index (χ1n) is 5.33. The lowest BCUT2D eigenvalue weighted by atomic mass is 10.3. The number of nitrogens with two attached hydrogens (primary N) is 1. The van der Waals surface area contributed by atoms with Gasteiger partial charge in [-0.05, 0) is 11.4 Å². The first-order valence-corrected chi connectivity index (χ1v) is 7.09. The van der Waals surface area contributed by atoms with Gasteiger partial charge in [0, 0.05) is 16.7 Å². The molecule has 3 aromatic rings. The molecule has 0 bridgehead atoms. The highest BCUT2D eigenvalue weighted by Crippen LogP contribution is 2.16. The van der Waals surface area contributed by atoms with Crippen LogP contribution in [0.3, 0.4) is 0 Å². The Morgan fingerprint density at radius 3 is 2.89 bits per heavy atom. The maximum Gasteiger partial charge on any atom is 0.232 e. The summed E-state index contributed by atoms with van der Waals surface area (Å²) in [5.41, 5.74) is 6.43. The van der Waals surface area contributed by atoms with Crippen LogP contribution >= 0.6 is 22.7 Å². The number of hydrogen-bond acceptors (Lipinski definition) is 7. The lowest BCUT2D eigenvalue weighted by Gasteiger charge is -1.88. The van der Waals surface area contributed by atoms with Crippen LogP contribution < -0.4 is 5.73 Å². The van der Waals surface area contributed by atoms with Gasteiger partial charge in [0.05, 0.1) is 12.1 Å². The quantitative estimate of drug-likeness (QED) is 0.792. The second-order valence-electron chi connectivity index (χ2n) is 3.71. The van der Waals surface area contributed by atoms with Gasteiger partial charge in [0.2, 0.25) is 5.89 Å². The van der Waals surface area contributed by atoms with E-state index in [0.29, 0.717) is 29.7 Å². The van der Waals surface area contributed by atoms with E-state index >= 15 is 0 Å². The number of aromatic nitrogens is 3. The van der Waals surface area contributed by atoms with Crippen molar-refractivity contribution in [3.8, 4) is 0 Å². The van der Waals surface area contributed by atoms with Crippen molar-refractivity contribution in [1.82, 2.24) is 15.1 Å². The average molecular weight is 278 g/mol. The van der Waals surface area contributed by atoms with Gasteiger partial charge in [-0.15, -0.1) is 22.7 Å². The minimum absolute atomic E-state index is 0.533. The highest BCUT2D eigenvalue weighted by molar-refractivity contribution is 7.13. The molecule has 0 spiro atoms. The third-order valence-electron chi connectivity index (χ3n) is 2.32. The van der Waals surface area contributed by atoms with E-state index in [-0.39, 0.29) is 0 Å². The first-order chi connectivity index (χ1) is 8.79. The fourth-order valence-electron chi connectivity index (χ4n) is 1.56.